The highest BCUT2D eigenvalue weighted by Crippen LogP contribution is 2.40. The Bertz CT molecular complexity index is 1280. The van der Waals surface area contributed by atoms with Gasteiger partial charge in [-0.05, 0) is 64.3 Å². The quantitative estimate of drug-likeness (QED) is 0.403. The van der Waals surface area contributed by atoms with Crippen molar-refractivity contribution in [3.05, 3.63) is 106 Å². The minimum atomic E-state index is -0.520. The molecule has 0 radical (unpaired) electrons. The molecular weight excluding hydrogens is 438 g/mol. The van der Waals surface area contributed by atoms with Crippen LogP contribution in [0, 0.1) is 0 Å². The summed E-state index contributed by atoms with van der Waals surface area (Å²) in [4.78, 5) is 12.9. The lowest BCUT2D eigenvalue weighted by molar-refractivity contribution is -0.150. The average Bonchev–Trinajstić information content (AvgIpc) is 3.64. The normalized spacial score (nSPS) is 20.4. The van der Waals surface area contributed by atoms with Crippen LogP contribution in [0.3, 0.4) is 0 Å². The maximum absolute atomic E-state index is 12.9. The highest BCUT2D eigenvalue weighted by Gasteiger charge is 2.32. The molecule has 0 saturated heterocycles. The summed E-state index contributed by atoms with van der Waals surface area (Å²) in [6.07, 6.45) is 5.06. The minimum Gasteiger partial charge on any atom is -0.459 e. The number of hydrogen-bond acceptors (Lipinski definition) is 4. The van der Waals surface area contributed by atoms with E-state index >= 15 is 0 Å². The molecule has 3 aromatic carbocycles. The summed E-state index contributed by atoms with van der Waals surface area (Å²) in [7, 11) is 0. The van der Waals surface area contributed by atoms with Crippen molar-refractivity contribution in [2.24, 2.45) is 0 Å². The van der Waals surface area contributed by atoms with Gasteiger partial charge in [-0.2, -0.15) is 0 Å². The SMILES string of the molecule is O=C(NC1CC1)C1=C[C@H](c2ccc3c(c2)Cc2ccccc2-3)C[C@H](OCc2ccc(CO)cc2)O1. The summed E-state index contributed by atoms with van der Waals surface area (Å²) in [5, 5.41) is 12.3. The van der Waals surface area contributed by atoms with Crippen LogP contribution in [0.25, 0.3) is 11.1 Å². The smallest absolute Gasteiger partial charge is 0.286 e. The molecule has 2 N–H and O–H groups in total. The van der Waals surface area contributed by atoms with Crippen molar-refractivity contribution in [2.45, 2.75) is 57.1 Å². The second kappa shape index (κ2) is 9.33. The number of hydrogen-bond donors (Lipinski definition) is 2. The van der Waals surface area contributed by atoms with Gasteiger partial charge in [-0.3, -0.25) is 4.79 Å². The maximum Gasteiger partial charge on any atom is 0.286 e. The number of amides is 1. The molecule has 3 aliphatic rings. The van der Waals surface area contributed by atoms with Gasteiger partial charge in [-0.1, -0.05) is 66.7 Å². The van der Waals surface area contributed by atoms with Crippen molar-refractivity contribution in [3.8, 4) is 11.1 Å². The van der Waals surface area contributed by atoms with Crippen LogP contribution in [0.2, 0.25) is 0 Å². The molecule has 1 amide bonds. The van der Waals surface area contributed by atoms with Crippen molar-refractivity contribution in [2.75, 3.05) is 0 Å². The largest absolute Gasteiger partial charge is 0.459 e. The summed E-state index contributed by atoms with van der Waals surface area (Å²) < 4.78 is 12.2. The standard InChI is InChI=1S/C30H29NO4/c32-17-19-5-7-20(8-6-19)18-34-29-16-23(15-28(35-29)30(33)31-25-10-11-25)21-9-12-27-24(13-21)14-22-3-1-2-4-26(22)27/h1-9,12-13,15,23,25,29,32H,10-11,14,16-18H2,(H,31,33)/t23-,29+/m0/s1. The zero-order valence-electron chi connectivity index (χ0n) is 19.6. The van der Waals surface area contributed by atoms with Crippen molar-refractivity contribution >= 4 is 5.91 Å². The van der Waals surface area contributed by atoms with E-state index in [2.05, 4.69) is 47.8 Å². The first-order valence-corrected chi connectivity index (χ1v) is 12.4. The first kappa shape index (κ1) is 22.1. The first-order valence-electron chi connectivity index (χ1n) is 12.4. The van der Waals surface area contributed by atoms with E-state index < -0.39 is 6.29 Å². The van der Waals surface area contributed by atoms with Gasteiger partial charge in [-0.25, -0.2) is 0 Å². The van der Waals surface area contributed by atoms with E-state index in [0.29, 0.717) is 18.8 Å². The molecule has 6 rings (SSSR count). The third-order valence-electron chi connectivity index (χ3n) is 7.08. The highest BCUT2D eigenvalue weighted by molar-refractivity contribution is 5.92. The molecule has 1 aliphatic heterocycles. The Kier molecular flexibility index (Phi) is 5.88. The van der Waals surface area contributed by atoms with E-state index in [4.69, 9.17) is 9.47 Å². The van der Waals surface area contributed by atoms with E-state index in [9.17, 15) is 9.90 Å². The van der Waals surface area contributed by atoms with Crippen LogP contribution in [-0.4, -0.2) is 23.3 Å². The van der Waals surface area contributed by atoms with Gasteiger partial charge >= 0.3 is 0 Å². The summed E-state index contributed by atoms with van der Waals surface area (Å²) in [5.41, 5.74) is 8.34. The third-order valence-corrected chi connectivity index (χ3v) is 7.08. The van der Waals surface area contributed by atoms with Gasteiger partial charge in [0.1, 0.15) is 0 Å². The Hall–Kier alpha value is -3.41. The molecule has 5 heteroatoms. The zero-order chi connectivity index (χ0) is 23.8. The van der Waals surface area contributed by atoms with Gasteiger partial charge in [0.05, 0.1) is 13.2 Å². The number of aliphatic hydroxyl groups is 1. The molecule has 1 fully saturated rings. The summed E-state index contributed by atoms with van der Waals surface area (Å²) in [5.74, 6) is 0.212. The third kappa shape index (κ3) is 4.75. The van der Waals surface area contributed by atoms with Crippen LogP contribution in [0.4, 0.5) is 0 Å². The number of benzene rings is 3. The molecule has 1 heterocycles. The topological polar surface area (TPSA) is 67.8 Å². The molecule has 2 aliphatic carbocycles. The van der Waals surface area contributed by atoms with E-state index in [-0.39, 0.29) is 24.5 Å². The van der Waals surface area contributed by atoms with Crippen molar-refractivity contribution in [1.82, 2.24) is 5.32 Å². The fourth-order valence-corrected chi connectivity index (χ4v) is 4.96. The predicted octanol–water partition coefficient (Wildman–Crippen LogP) is 4.96. The first-order chi connectivity index (χ1) is 17.2. The molecule has 35 heavy (non-hydrogen) atoms. The molecule has 0 unspecified atom stereocenters. The number of rotatable bonds is 7. The zero-order valence-corrected chi connectivity index (χ0v) is 19.6. The minimum absolute atomic E-state index is 0.0185. The Balaban J connectivity index is 1.22. The number of allylic oxidation sites excluding steroid dienone is 1. The average molecular weight is 468 g/mol. The van der Waals surface area contributed by atoms with Crippen LogP contribution in [0.1, 0.15) is 53.0 Å². The van der Waals surface area contributed by atoms with Crippen molar-refractivity contribution in [3.63, 3.8) is 0 Å². The fourth-order valence-electron chi connectivity index (χ4n) is 4.96. The van der Waals surface area contributed by atoms with Crippen LogP contribution < -0.4 is 5.32 Å². The van der Waals surface area contributed by atoms with E-state index in [1.165, 1.54) is 27.8 Å². The Labute approximate surface area is 205 Å². The highest BCUT2D eigenvalue weighted by atomic mass is 16.7. The number of ether oxygens (including phenoxy) is 2. The van der Waals surface area contributed by atoms with Gasteiger partial charge in [0.25, 0.3) is 5.91 Å². The molecule has 3 aromatic rings. The van der Waals surface area contributed by atoms with Crippen LogP contribution in [0.15, 0.2) is 78.6 Å². The predicted molar refractivity (Wildman–Crippen MR) is 133 cm³/mol. The van der Waals surface area contributed by atoms with E-state index in [0.717, 1.165) is 30.4 Å². The molecule has 0 aromatic heterocycles. The van der Waals surface area contributed by atoms with Gasteiger partial charge in [0.2, 0.25) is 6.29 Å². The Morgan fingerprint density at radius 1 is 0.971 bits per heavy atom. The monoisotopic (exact) mass is 467 g/mol. The Morgan fingerprint density at radius 2 is 1.74 bits per heavy atom. The molecule has 0 bridgehead atoms. The van der Waals surface area contributed by atoms with Crippen LogP contribution >= 0.6 is 0 Å². The Morgan fingerprint density at radius 3 is 2.54 bits per heavy atom. The number of nitrogens with one attached hydrogen (secondary N) is 1. The lowest BCUT2D eigenvalue weighted by Crippen LogP contribution is -2.33. The number of carbonyl (C=O) groups excluding carboxylic acids is 1. The van der Waals surface area contributed by atoms with Crippen molar-refractivity contribution in [1.29, 1.82) is 0 Å². The summed E-state index contributed by atoms with van der Waals surface area (Å²) in [6.45, 7) is 0.394. The lowest BCUT2D eigenvalue weighted by Gasteiger charge is -2.29. The van der Waals surface area contributed by atoms with E-state index in [1.54, 1.807) is 0 Å². The summed E-state index contributed by atoms with van der Waals surface area (Å²) in [6, 6.07) is 23.2. The molecule has 0 spiro atoms. The number of carbonyl (C=O) groups is 1. The van der Waals surface area contributed by atoms with Crippen molar-refractivity contribution < 1.29 is 19.4 Å². The fraction of sp³-hybridized carbons (Fsp3) is 0.300. The van der Waals surface area contributed by atoms with Gasteiger partial charge in [-0.15, -0.1) is 0 Å². The number of aliphatic hydroxyl groups excluding tert-OH is 1. The maximum atomic E-state index is 12.9. The molecule has 5 nitrogen and oxygen atoms in total. The van der Waals surface area contributed by atoms with Gasteiger partial charge in [0, 0.05) is 18.4 Å². The van der Waals surface area contributed by atoms with E-state index in [1.807, 2.05) is 30.3 Å². The number of fused-ring (bicyclic) bond motifs is 3. The summed E-state index contributed by atoms with van der Waals surface area (Å²) >= 11 is 0. The lowest BCUT2D eigenvalue weighted by atomic mass is 9.90. The molecule has 1 saturated carbocycles. The molecule has 178 valence electrons. The van der Waals surface area contributed by atoms with Gasteiger partial charge in [0.15, 0.2) is 5.76 Å². The molecule has 2 atom stereocenters. The molecular formula is C30H29NO4. The van der Waals surface area contributed by atoms with Gasteiger partial charge < -0.3 is 19.9 Å². The second-order valence-electron chi connectivity index (χ2n) is 9.70. The van der Waals surface area contributed by atoms with Crippen LogP contribution in [-0.2, 0) is 33.9 Å². The van der Waals surface area contributed by atoms with Crippen LogP contribution in [0.5, 0.6) is 0 Å². The second-order valence-corrected chi connectivity index (χ2v) is 9.70.